The third-order valence-electron chi connectivity index (χ3n) is 5.60. The fourth-order valence-electron chi connectivity index (χ4n) is 3.93. The van der Waals surface area contributed by atoms with Gasteiger partial charge < -0.3 is 19.7 Å². The van der Waals surface area contributed by atoms with E-state index >= 15 is 0 Å². The maximum Gasteiger partial charge on any atom is 0.242 e. The molecule has 2 amide bonds. The van der Waals surface area contributed by atoms with Crippen molar-refractivity contribution in [1.82, 2.24) is 10.2 Å². The first-order valence-corrected chi connectivity index (χ1v) is 11.5. The van der Waals surface area contributed by atoms with Crippen LogP contribution in [0.2, 0.25) is 0 Å². The van der Waals surface area contributed by atoms with Crippen LogP contribution >= 0.6 is 0 Å². The number of amides is 2. The van der Waals surface area contributed by atoms with Crippen LogP contribution in [0.15, 0.2) is 42.5 Å². The number of carbonyl (C=O) groups excluding carboxylic acids is 2. The maximum atomic E-state index is 13.4. The van der Waals surface area contributed by atoms with Gasteiger partial charge in [-0.25, -0.2) is 0 Å². The highest BCUT2D eigenvalue weighted by Gasteiger charge is 2.28. The van der Waals surface area contributed by atoms with Crippen LogP contribution in [0.5, 0.6) is 11.5 Å². The fraction of sp³-hybridized carbons (Fsp3) is 0.462. The molecule has 0 saturated carbocycles. The Balaban J connectivity index is 1.74. The molecule has 32 heavy (non-hydrogen) atoms. The average molecular weight is 439 g/mol. The minimum Gasteiger partial charge on any atom is -0.486 e. The van der Waals surface area contributed by atoms with E-state index in [2.05, 4.69) is 11.4 Å². The highest BCUT2D eigenvalue weighted by molar-refractivity contribution is 5.87. The van der Waals surface area contributed by atoms with Crippen LogP contribution in [0.25, 0.3) is 0 Å². The molecule has 0 fully saturated rings. The molecule has 2 aromatic rings. The van der Waals surface area contributed by atoms with Crippen molar-refractivity contribution in [3.8, 4) is 11.5 Å². The largest absolute Gasteiger partial charge is 0.486 e. The molecule has 3 rings (SSSR count). The highest BCUT2D eigenvalue weighted by atomic mass is 16.6. The van der Waals surface area contributed by atoms with E-state index in [1.165, 1.54) is 0 Å². The molecule has 0 saturated heterocycles. The molecule has 0 bridgehead atoms. The van der Waals surface area contributed by atoms with Crippen LogP contribution in [-0.2, 0) is 22.6 Å². The summed E-state index contributed by atoms with van der Waals surface area (Å²) in [6.07, 6.45) is 2.32. The lowest BCUT2D eigenvalue weighted by molar-refractivity contribution is -0.141. The van der Waals surface area contributed by atoms with E-state index in [1.54, 1.807) is 4.90 Å². The van der Waals surface area contributed by atoms with Gasteiger partial charge in [-0.15, -0.1) is 0 Å². The predicted molar refractivity (Wildman–Crippen MR) is 125 cm³/mol. The van der Waals surface area contributed by atoms with Crippen molar-refractivity contribution >= 4 is 11.8 Å². The first-order chi connectivity index (χ1) is 15.5. The molecular weight excluding hydrogens is 404 g/mol. The Hall–Kier alpha value is -3.02. The Morgan fingerprint density at radius 2 is 1.81 bits per heavy atom. The van der Waals surface area contributed by atoms with E-state index < -0.39 is 6.04 Å². The average Bonchev–Trinajstić information content (AvgIpc) is 2.81. The van der Waals surface area contributed by atoms with Gasteiger partial charge in [0.05, 0.1) is 0 Å². The molecule has 0 spiro atoms. The summed E-state index contributed by atoms with van der Waals surface area (Å²) in [5.41, 5.74) is 3.18. The van der Waals surface area contributed by atoms with Gasteiger partial charge in [0.15, 0.2) is 11.5 Å². The van der Waals surface area contributed by atoms with Crippen molar-refractivity contribution in [2.75, 3.05) is 19.8 Å². The zero-order valence-electron chi connectivity index (χ0n) is 19.4. The van der Waals surface area contributed by atoms with Crippen LogP contribution < -0.4 is 14.8 Å². The maximum absolute atomic E-state index is 13.4. The summed E-state index contributed by atoms with van der Waals surface area (Å²) in [5, 5.41) is 2.96. The second-order valence-electron chi connectivity index (χ2n) is 8.20. The lowest BCUT2D eigenvalue weighted by Crippen LogP contribution is -2.49. The molecular formula is C26H34N2O4. The molecule has 0 aliphatic carbocycles. The zero-order valence-corrected chi connectivity index (χ0v) is 19.4. The lowest BCUT2D eigenvalue weighted by atomic mass is 10.0. The van der Waals surface area contributed by atoms with Crippen molar-refractivity contribution in [3.05, 3.63) is 59.2 Å². The summed E-state index contributed by atoms with van der Waals surface area (Å²) in [7, 11) is 0. The van der Waals surface area contributed by atoms with Gasteiger partial charge in [0.2, 0.25) is 11.8 Å². The molecule has 0 unspecified atom stereocenters. The standard InChI is InChI=1S/C26H34N2O4/c1-4-13-27-26(30)22(5-2)28(18-21-8-6-7-19(3)16-21)25(29)12-10-20-9-11-23-24(17-20)32-15-14-31-23/h6-9,11,16-17,22H,4-5,10,12-15,18H2,1-3H3,(H,27,30)/t22-/m1/s1. The molecule has 1 aliphatic heterocycles. The Morgan fingerprint density at radius 3 is 2.53 bits per heavy atom. The molecule has 1 N–H and O–H groups in total. The van der Waals surface area contributed by atoms with Crippen molar-refractivity contribution in [2.45, 2.75) is 59.0 Å². The van der Waals surface area contributed by atoms with Crippen LogP contribution in [0, 0.1) is 6.92 Å². The zero-order chi connectivity index (χ0) is 22.9. The van der Waals surface area contributed by atoms with Crippen molar-refractivity contribution in [1.29, 1.82) is 0 Å². The van der Waals surface area contributed by atoms with Gasteiger partial charge in [0.1, 0.15) is 19.3 Å². The van der Waals surface area contributed by atoms with E-state index in [-0.39, 0.29) is 11.8 Å². The number of ether oxygens (including phenoxy) is 2. The smallest absolute Gasteiger partial charge is 0.242 e. The van der Waals surface area contributed by atoms with E-state index in [0.29, 0.717) is 45.6 Å². The second kappa shape index (κ2) is 11.6. The fourth-order valence-corrected chi connectivity index (χ4v) is 3.93. The highest BCUT2D eigenvalue weighted by Crippen LogP contribution is 2.31. The summed E-state index contributed by atoms with van der Waals surface area (Å²) < 4.78 is 11.2. The SMILES string of the molecule is CCCNC(=O)[C@@H](CC)N(Cc1cccc(C)c1)C(=O)CCc1ccc2c(c1)OCCO2. The normalized spacial score (nSPS) is 13.3. The number of aryl methyl sites for hydroxylation is 2. The molecule has 2 aromatic carbocycles. The molecule has 6 nitrogen and oxygen atoms in total. The van der Waals surface area contributed by atoms with Crippen molar-refractivity contribution in [3.63, 3.8) is 0 Å². The molecule has 1 atom stereocenters. The number of benzene rings is 2. The van der Waals surface area contributed by atoms with Crippen LogP contribution in [-0.4, -0.2) is 42.5 Å². The summed E-state index contributed by atoms with van der Waals surface area (Å²) in [6, 6.07) is 13.4. The van der Waals surface area contributed by atoms with Gasteiger partial charge in [0, 0.05) is 19.5 Å². The predicted octanol–water partition coefficient (Wildman–Crippen LogP) is 4.03. The minimum absolute atomic E-state index is 0.0279. The number of nitrogens with zero attached hydrogens (tertiary/aromatic N) is 1. The van der Waals surface area contributed by atoms with Crippen LogP contribution in [0.1, 0.15) is 49.8 Å². The van der Waals surface area contributed by atoms with Crippen LogP contribution in [0.4, 0.5) is 0 Å². The third kappa shape index (κ3) is 6.25. The number of rotatable bonds is 10. The van der Waals surface area contributed by atoms with Gasteiger partial charge in [-0.3, -0.25) is 9.59 Å². The van der Waals surface area contributed by atoms with Gasteiger partial charge in [-0.1, -0.05) is 49.7 Å². The van der Waals surface area contributed by atoms with E-state index in [4.69, 9.17) is 9.47 Å². The van der Waals surface area contributed by atoms with Gasteiger partial charge in [-0.05, 0) is 49.4 Å². The van der Waals surface area contributed by atoms with E-state index in [9.17, 15) is 9.59 Å². The van der Waals surface area contributed by atoms with Crippen LogP contribution in [0.3, 0.4) is 0 Å². The first kappa shape index (κ1) is 23.6. The number of fused-ring (bicyclic) bond motifs is 1. The number of nitrogens with one attached hydrogen (secondary N) is 1. The second-order valence-corrected chi connectivity index (χ2v) is 8.20. The molecule has 0 radical (unpaired) electrons. The lowest BCUT2D eigenvalue weighted by Gasteiger charge is -2.31. The first-order valence-electron chi connectivity index (χ1n) is 11.5. The monoisotopic (exact) mass is 438 g/mol. The van der Waals surface area contributed by atoms with Gasteiger partial charge in [-0.2, -0.15) is 0 Å². The number of hydrogen-bond donors (Lipinski definition) is 1. The van der Waals surface area contributed by atoms with E-state index in [0.717, 1.165) is 34.6 Å². The van der Waals surface area contributed by atoms with Crippen molar-refractivity contribution < 1.29 is 19.1 Å². The molecule has 0 aromatic heterocycles. The van der Waals surface area contributed by atoms with E-state index in [1.807, 2.05) is 57.2 Å². The third-order valence-corrected chi connectivity index (χ3v) is 5.60. The van der Waals surface area contributed by atoms with Crippen molar-refractivity contribution in [2.24, 2.45) is 0 Å². The summed E-state index contributed by atoms with van der Waals surface area (Å²) in [6.45, 7) is 8.11. The number of carbonyl (C=O) groups is 2. The Morgan fingerprint density at radius 1 is 1.03 bits per heavy atom. The molecule has 1 aliphatic rings. The Bertz CT molecular complexity index is 928. The molecule has 6 heteroatoms. The Labute approximate surface area is 190 Å². The Kier molecular flexibility index (Phi) is 8.54. The summed E-state index contributed by atoms with van der Waals surface area (Å²) >= 11 is 0. The minimum atomic E-state index is -0.491. The molecule has 172 valence electrons. The van der Waals surface area contributed by atoms with Gasteiger partial charge in [0.25, 0.3) is 0 Å². The summed E-state index contributed by atoms with van der Waals surface area (Å²) in [4.78, 5) is 27.9. The quantitative estimate of drug-likeness (QED) is 0.608. The van der Waals surface area contributed by atoms with Gasteiger partial charge >= 0.3 is 0 Å². The topological polar surface area (TPSA) is 67.9 Å². The molecule has 1 heterocycles. The summed E-state index contributed by atoms with van der Waals surface area (Å²) in [5.74, 6) is 1.35. The number of hydrogen-bond acceptors (Lipinski definition) is 4.